The average Bonchev–Trinajstić information content (AvgIpc) is 2.95. The Balaban J connectivity index is 1.71. The molecule has 3 rings (SSSR count). The van der Waals surface area contributed by atoms with Gasteiger partial charge in [0.15, 0.2) is 0 Å². The number of azide groups is 1. The fourth-order valence-electron chi connectivity index (χ4n) is 2.84. The van der Waals surface area contributed by atoms with Gasteiger partial charge in [0.25, 0.3) is 0 Å². The number of hydrogen-bond donors (Lipinski definition) is 0. The monoisotopic (exact) mass is 322 g/mol. The highest BCUT2D eigenvalue weighted by Crippen LogP contribution is 2.28. The van der Waals surface area contributed by atoms with E-state index in [0.717, 1.165) is 17.1 Å². The van der Waals surface area contributed by atoms with E-state index in [-0.39, 0.29) is 11.8 Å². The highest BCUT2D eigenvalue weighted by Gasteiger charge is 2.29. The van der Waals surface area contributed by atoms with E-state index >= 15 is 0 Å². The van der Waals surface area contributed by atoms with Crippen molar-refractivity contribution in [1.29, 1.82) is 0 Å². The molecule has 0 spiro atoms. The number of likely N-dealkylation sites (tertiary alicyclic amines) is 1. The van der Waals surface area contributed by atoms with Gasteiger partial charge >= 0.3 is 0 Å². The summed E-state index contributed by atoms with van der Waals surface area (Å²) in [5.74, 6) is 1.69. The van der Waals surface area contributed by atoms with Crippen molar-refractivity contribution in [1.82, 2.24) is 4.90 Å². The molecule has 1 heterocycles. The van der Waals surface area contributed by atoms with Crippen LogP contribution in [0.1, 0.15) is 12.0 Å². The van der Waals surface area contributed by atoms with Gasteiger partial charge in [0.05, 0.1) is 0 Å². The Bertz CT molecular complexity index is 757. The van der Waals surface area contributed by atoms with Gasteiger partial charge in [0.1, 0.15) is 11.5 Å². The van der Waals surface area contributed by atoms with E-state index in [0.29, 0.717) is 26.1 Å². The molecule has 2 aromatic rings. The van der Waals surface area contributed by atoms with Crippen molar-refractivity contribution < 1.29 is 9.53 Å². The van der Waals surface area contributed by atoms with Gasteiger partial charge in [0.2, 0.25) is 5.91 Å². The molecule has 2 aromatic carbocycles. The van der Waals surface area contributed by atoms with Crippen molar-refractivity contribution in [2.24, 2.45) is 11.0 Å². The lowest BCUT2D eigenvalue weighted by Crippen LogP contribution is -2.25. The summed E-state index contributed by atoms with van der Waals surface area (Å²) < 4.78 is 5.94. The van der Waals surface area contributed by atoms with E-state index in [1.807, 2.05) is 54.6 Å². The Morgan fingerprint density at radius 1 is 1.17 bits per heavy atom. The molecule has 1 fully saturated rings. The summed E-state index contributed by atoms with van der Waals surface area (Å²) in [6, 6.07) is 17.3. The fourth-order valence-corrected chi connectivity index (χ4v) is 2.84. The van der Waals surface area contributed by atoms with Crippen molar-refractivity contribution in [2.75, 3.05) is 13.1 Å². The Labute approximate surface area is 140 Å². The summed E-state index contributed by atoms with van der Waals surface area (Å²) in [6.07, 6.45) is 0.431. The highest BCUT2D eigenvalue weighted by molar-refractivity contribution is 5.78. The largest absolute Gasteiger partial charge is 0.457 e. The van der Waals surface area contributed by atoms with Crippen LogP contribution < -0.4 is 4.74 Å². The lowest BCUT2D eigenvalue weighted by molar-refractivity contribution is -0.128. The van der Waals surface area contributed by atoms with Gasteiger partial charge in [0, 0.05) is 36.5 Å². The third kappa shape index (κ3) is 3.86. The minimum Gasteiger partial charge on any atom is -0.457 e. The van der Waals surface area contributed by atoms with Crippen LogP contribution in [0, 0.1) is 5.92 Å². The summed E-state index contributed by atoms with van der Waals surface area (Å²) in [7, 11) is 0. The lowest BCUT2D eigenvalue weighted by Gasteiger charge is -2.19. The maximum Gasteiger partial charge on any atom is 0.223 e. The molecule has 1 aliphatic rings. The zero-order valence-corrected chi connectivity index (χ0v) is 13.2. The van der Waals surface area contributed by atoms with Gasteiger partial charge in [-0.15, -0.1) is 0 Å². The Morgan fingerprint density at radius 3 is 2.71 bits per heavy atom. The number of para-hydroxylation sites is 2. The Morgan fingerprint density at radius 2 is 1.92 bits per heavy atom. The van der Waals surface area contributed by atoms with E-state index in [4.69, 9.17) is 10.3 Å². The van der Waals surface area contributed by atoms with Gasteiger partial charge in [-0.05, 0) is 29.6 Å². The molecule has 1 unspecified atom stereocenters. The fraction of sp³-hybridized carbons (Fsp3) is 0.278. The van der Waals surface area contributed by atoms with E-state index in [1.54, 1.807) is 4.90 Å². The Hall–Kier alpha value is -2.98. The average molecular weight is 322 g/mol. The number of carbonyl (C=O) groups excluding carboxylic acids is 1. The molecule has 1 saturated heterocycles. The van der Waals surface area contributed by atoms with Crippen LogP contribution in [-0.4, -0.2) is 23.9 Å². The van der Waals surface area contributed by atoms with Crippen molar-refractivity contribution in [3.63, 3.8) is 0 Å². The molecule has 24 heavy (non-hydrogen) atoms. The number of benzene rings is 2. The number of rotatable bonds is 6. The summed E-state index contributed by atoms with van der Waals surface area (Å²) in [5, 5.41) is 3.58. The zero-order valence-electron chi connectivity index (χ0n) is 13.2. The van der Waals surface area contributed by atoms with Gasteiger partial charge < -0.3 is 9.64 Å². The highest BCUT2D eigenvalue weighted by atomic mass is 16.5. The van der Waals surface area contributed by atoms with Crippen LogP contribution >= 0.6 is 0 Å². The molecule has 0 N–H and O–H groups in total. The predicted molar refractivity (Wildman–Crippen MR) is 90.5 cm³/mol. The van der Waals surface area contributed by atoms with Crippen LogP contribution in [0.3, 0.4) is 0 Å². The van der Waals surface area contributed by atoms with Crippen molar-refractivity contribution in [3.8, 4) is 11.5 Å². The third-order valence-electron chi connectivity index (χ3n) is 4.00. The molecule has 0 bridgehead atoms. The van der Waals surface area contributed by atoms with Crippen LogP contribution in [0.2, 0.25) is 0 Å². The SMILES string of the molecule is [N-]=[N+]=NCC1CC(=O)N(Cc2ccccc2Oc2ccccc2)C1. The van der Waals surface area contributed by atoms with E-state index in [9.17, 15) is 4.79 Å². The zero-order chi connectivity index (χ0) is 16.8. The third-order valence-corrected chi connectivity index (χ3v) is 4.00. The maximum absolute atomic E-state index is 12.2. The van der Waals surface area contributed by atoms with Crippen LogP contribution in [0.4, 0.5) is 0 Å². The first-order chi connectivity index (χ1) is 11.8. The van der Waals surface area contributed by atoms with Crippen LogP contribution in [0.5, 0.6) is 11.5 Å². The first kappa shape index (κ1) is 15.9. The smallest absolute Gasteiger partial charge is 0.223 e. The molecular weight excluding hydrogens is 304 g/mol. The van der Waals surface area contributed by atoms with Crippen LogP contribution in [0.15, 0.2) is 59.7 Å². The molecule has 122 valence electrons. The molecule has 0 saturated carbocycles. The topological polar surface area (TPSA) is 78.3 Å². The molecule has 1 atom stereocenters. The van der Waals surface area contributed by atoms with Gasteiger partial charge in [-0.3, -0.25) is 4.79 Å². The normalized spacial score (nSPS) is 16.8. The Kier molecular flexibility index (Phi) is 4.99. The summed E-state index contributed by atoms with van der Waals surface area (Å²) >= 11 is 0. The van der Waals surface area contributed by atoms with Gasteiger partial charge in [-0.1, -0.05) is 41.5 Å². The molecule has 1 amide bonds. The molecule has 0 aliphatic carbocycles. The summed E-state index contributed by atoms with van der Waals surface area (Å²) in [6.45, 7) is 1.47. The molecular formula is C18H18N4O2. The molecule has 0 radical (unpaired) electrons. The summed E-state index contributed by atoms with van der Waals surface area (Å²) in [4.78, 5) is 16.7. The van der Waals surface area contributed by atoms with Gasteiger partial charge in [-0.2, -0.15) is 0 Å². The standard InChI is InChI=1S/C18H18N4O2/c19-21-20-11-14-10-18(23)22(12-14)13-15-6-4-5-9-17(15)24-16-7-2-1-3-8-16/h1-9,14H,10-13H2. The van der Waals surface area contributed by atoms with E-state index < -0.39 is 0 Å². The van der Waals surface area contributed by atoms with Crippen molar-refractivity contribution in [3.05, 3.63) is 70.6 Å². The second-order valence-electron chi connectivity index (χ2n) is 5.78. The second-order valence-corrected chi connectivity index (χ2v) is 5.78. The number of hydrogen-bond acceptors (Lipinski definition) is 3. The lowest BCUT2D eigenvalue weighted by atomic mass is 10.1. The number of carbonyl (C=O) groups is 1. The van der Waals surface area contributed by atoms with Crippen LogP contribution in [0.25, 0.3) is 10.4 Å². The molecule has 6 nitrogen and oxygen atoms in total. The molecule has 0 aromatic heterocycles. The number of ether oxygens (including phenoxy) is 1. The van der Waals surface area contributed by atoms with Gasteiger partial charge in [-0.25, -0.2) is 0 Å². The van der Waals surface area contributed by atoms with Crippen molar-refractivity contribution in [2.45, 2.75) is 13.0 Å². The predicted octanol–water partition coefficient (Wildman–Crippen LogP) is 4.14. The quantitative estimate of drug-likeness (QED) is 0.455. The minimum atomic E-state index is 0.0858. The van der Waals surface area contributed by atoms with E-state index in [1.165, 1.54) is 0 Å². The molecule has 1 aliphatic heterocycles. The van der Waals surface area contributed by atoms with Crippen LogP contribution in [-0.2, 0) is 11.3 Å². The number of amides is 1. The second kappa shape index (κ2) is 7.53. The minimum absolute atomic E-state index is 0.0858. The van der Waals surface area contributed by atoms with Crippen molar-refractivity contribution >= 4 is 5.91 Å². The first-order valence-electron chi connectivity index (χ1n) is 7.85. The first-order valence-corrected chi connectivity index (χ1v) is 7.85. The summed E-state index contributed by atoms with van der Waals surface area (Å²) in [5.41, 5.74) is 9.37. The number of nitrogens with zero attached hydrogens (tertiary/aromatic N) is 4. The van der Waals surface area contributed by atoms with E-state index in [2.05, 4.69) is 10.0 Å². The maximum atomic E-state index is 12.2. The molecule has 6 heteroatoms.